The minimum atomic E-state index is -0.524. The zero-order chi connectivity index (χ0) is 16.2. The zero-order valence-electron chi connectivity index (χ0n) is 12.7. The molecule has 0 aliphatic carbocycles. The van der Waals surface area contributed by atoms with Crippen molar-refractivity contribution in [3.05, 3.63) is 61.2 Å². The third kappa shape index (κ3) is 7.43. The van der Waals surface area contributed by atoms with E-state index in [1.807, 2.05) is 18.2 Å². The van der Waals surface area contributed by atoms with E-state index in [1.165, 1.54) is 5.56 Å². The van der Waals surface area contributed by atoms with Crippen LogP contribution in [0.25, 0.3) is 0 Å². The van der Waals surface area contributed by atoms with E-state index in [2.05, 4.69) is 25.3 Å². The van der Waals surface area contributed by atoms with Crippen molar-refractivity contribution in [2.45, 2.75) is 31.8 Å². The van der Waals surface area contributed by atoms with Gasteiger partial charge in [0, 0.05) is 12.2 Å². The van der Waals surface area contributed by atoms with E-state index in [0.717, 1.165) is 31.4 Å². The van der Waals surface area contributed by atoms with Crippen LogP contribution in [-0.4, -0.2) is 24.6 Å². The van der Waals surface area contributed by atoms with E-state index in [0.29, 0.717) is 6.42 Å². The van der Waals surface area contributed by atoms with Gasteiger partial charge in [0.05, 0.1) is 0 Å². The van der Waals surface area contributed by atoms with Crippen molar-refractivity contribution in [2.75, 3.05) is 6.61 Å². The number of esters is 2. The molecule has 1 unspecified atom stereocenters. The number of carbonyl (C=O) groups is 2. The average molecular weight is 302 g/mol. The molecule has 0 heterocycles. The summed E-state index contributed by atoms with van der Waals surface area (Å²) < 4.78 is 10.1. The van der Waals surface area contributed by atoms with Crippen molar-refractivity contribution in [1.82, 2.24) is 0 Å². The van der Waals surface area contributed by atoms with Crippen LogP contribution in [-0.2, 0) is 25.5 Å². The molecule has 22 heavy (non-hydrogen) atoms. The Morgan fingerprint density at radius 3 is 2.36 bits per heavy atom. The van der Waals surface area contributed by atoms with Crippen LogP contribution in [0, 0.1) is 0 Å². The van der Waals surface area contributed by atoms with Gasteiger partial charge in [-0.25, -0.2) is 9.59 Å². The third-order valence-electron chi connectivity index (χ3n) is 3.11. The summed E-state index contributed by atoms with van der Waals surface area (Å²) in [6.45, 7) is 6.73. The minimum absolute atomic E-state index is 0.0375. The van der Waals surface area contributed by atoms with Crippen molar-refractivity contribution in [1.29, 1.82) is 0 Å². The first-order chi connectivity index (χ1) is 10.7. The highest BCUT2D eigenvalue weighted by Crippen LogP contribution is 2.11. The van der Waals surface area contributed by atoms with E-state index in [9.17, 15) is 9.59 Å². The van der Waals surface area contributed by atoms with Crippen molar-refractivity contribution < 1.29 is 19.1 Å². The van der Waals surface area contributed by atoms with Gasteiger partial charge in [0.1, 0.15) is 12.7 Å². The molecule has 0 saturated carbocycles. The molecule has 0 radical (unpaired) electrons. The first-order valence-electron chi connectivity index (χ1n) is 7.32. The van der Waals surface area contributed by atoms with Gasteiger partial charge in [-0.1, -0.05) is 43.5 Å². The summed E-state index contributed by atoms with van der Waals surface area (Å²) in [6, 6.07) is 10.2. The summed E-state index contributed by atoms with van der Waals surface area (Å²) >= 11 is 0. The second-order valence-corrected chi connectivity index (χ2v) is 4.83. The monoisotopic (exact) mass is 302 g/mol. The largest absolute Gasteiger partial charge is 0.459 e. The Kier molecular flexibility index (Phi) is 8.35. The Morgan fingerprint density at radius 1 is 1.05 bits per heavy atom. The first kappa shape index (κ1) is 17.7. The van der Waals surface area contributed by atoms with Crippen LogP contribution in [0.15, 0.2) is 55.6 Å². The maximum Gasteiger partial charge on any atom is 0.330 e. The molecule has 118 valence electrons. The minimum Gasteiger partial charge on any atom is -0.459 e. The lowest BCUT2D eigenvalue weighted by atomic mass is 10.1. The highest BCUT2D eigenvalue weighted by atomic mass is 16.6. The molecule has 0 aliphatic heterocycles. The normalized spacial score (nSPS) is 11.3. The molecule has 0 saturated heterocycles. The molecule has 4 heteroatoms. The smallest absolute Gasteiger partial charge is 0.330 e. The van der Waals surface area contributed by atoms with Gasteiger partial charge < -0.3 is 9.47 Å². The molecule has 0 spiro atoms. The summed E-state index contributed by atoms with van der Waals surface area (Å²) in [6.07, 6.45) is 5.18. The molecule has 1 atom stereocenters. The summed E-state index contributed by atoms with van der Waals surface area (Å²) in [4.78, 5) is 22.4. The molecular formula is C18H22O4. The molecule has 0 bridgehead atoms. The topological polar surface area (TPSA) is 52.6 Å². The quantitative estimate of drug-likeness (QED) is 0.378. The molecule has 0 aromatic heterocycles. The second-order valence-electron chi connectivity index (χ2n) is 4.83. The van der Waals surface area contributed by atoms with Crippen LogP contribution < -0.4 is 0 Å². The third-order valence-corrected chi connectivity index (χ3v) is 3.11. The number of ether oxygens (including phenoxy) is 2. The van der Waals surface area contributed by atoms with E-state index in [-0.39, 0.29) is 6.61 Å². The Morgan fingerprint density at radius 2 is 1.73 bits per heavy atom. The van der Waals surface area contributed by atoms with Crippen LogP contribution in [0.1, 0.15) is 24.8 Å². The lowest BCUT2D eigenvalue weighted by molar-refractivity contribution is -0.153. The molecule has 0 fully saturated rings. The summed E-state index contributed by atoms with van der Waals surface area (Å²) in [5.41, 5.74) is 1.28. The molecule has 0 N–H and O–H groups in total. The number of hydrogen-bond donors (Lipinski definition) is 0. The summed E-state index contributed by atoms with van der Waals surface area (Å²) in [5.74, 6) is -1.04. The van der Waals surface area contributed by atoms with Gasteiger partial charge in [0.15, 0.2) is 0 Å². The lowest BCUT2D eigenvalue weighted by Gasteiger charge is -2.16. The Labute approximate surface area is 131 Å². The zero-order valence-corrected chi connectivity index (χ0v) is 12.7. The van der Waals surface area contributed by atoms with Gasteiger partial charge in [-0.05, 0) is 31.2 Å². The highest BCUT2D eigenvalue weighted by molar-refractivity contribution is 5.82. The SMILES string of the molecule is C=CC(=O)OCC(CCCCc1ccccc1)OC(=O)C=C. The van der Waals surface area contributed by atoms with Gasteiger partial charge in [0.2, 0.25) is 0 Å². The van der Waals surface area contributed by atoms with E-state index < -0.39 is 18.0 Å². The summed E-state index contributed by atoms with van der Waals surface area (Å²) in [7, 11) is 0. The highest BCUT2D eigenvalue weighted by Gasteiger charge is 2.14. The van der Waals surface area contributed by atoms with Crippen molar-refractivity contribution in [3.8, 4) is 0 Å². The predicted molar refractivity (Wildman–Crippen MR) is 85.2 cm³/mol. The summed E-state index contributed by atoms with van der Waals surface area (Å²) in [5, 5.41) is 0. The number of carbonyl (C=O) groups excluding carboxylic acids is 2. The first-order valence-corrected chi connectivity index (χ1v) is 7.32. The molecule has 4 nitrogen and oxygen atoms in total. The van der Waals surface area contributed by atoms with Crippen molar-refractivity contribution in [3.63, 3.8) is 0 Å². The predicted octanol–water partition coefficient (Wildman–Crippen LogP) is 3.23. The second kappa shape index (κ2) is 10.4. The van der Waals surface area contributed by atoms with Crippen LogP contribution in [0.5, 0.6) is 0 Å². The van der Waals surface area contributed by atoms with Crippen LogP contribution >= 0.6 is 0 Å². The molecular weight excluding hydrogens is 280 g/mol. The number of benzene rings is 1. The standard InChI is InChI=1S/C18H22O4/c1-3-17(19)21-14-16(22-18(20)4-2)13-9-8-12-15-10-6-5-7-11-15/h3-7,10-11,16H,1-2,8-9,12-14H2. The van der Waals surface area contributed by atoms with E-state index >= 15 is 0 Å². The Hall–Kier alpha value is -2.36. The van der Waals surface area contributed by atoms with Gasteiger partial charge >= 0.3 is 11.9 Å². The number of rotatable bonds is 10. The van der Waals surface area contributed by atoms with Gasteiger partial charge in [-0.15, -0.1) is 0 Å². The molecule has 1 rings (SSSR count). The van der Waals surface area contributed by atoms with Gasteiger partial charge in [-0.2, -0.15) is 0 Å². The molecule has 1 aromatic rings. The number of aryl methyl sites for hydroxylation is 1. The van der Waals surface area contributed by atoms with Gasteiger partial charge in [-0.3, -0.25) is 0 Å². The molecule has 0 aliphatic rings. The molecule has 1 aromatic carbocycles. The van der Waals surface area contributed by atoms with Crippen LogP contribution in [0.2, 0.25) is 0 Å². The van der Waals surface area contributed by atoms with E-state index in [4.69, 9.17) is 9.47 Å². The van der Waals surface area contributed by atoms with Crippen LogP contribution in [0.3, 0.4) is 0 Å². The lowest BCUT2D eigenvalue weighted by Crippen LogP contribution is -2.24. The number of hydrogen-bond acceptors (Lipinski definition) is 4. The average Bonchev–Trinajstić information content (AvgIpc) is 2.56. The Balaban J connectivity index is 2.35. The van der Waals surface area contributed by atoms with E-state index in [1.54, 1.807) is 0 Å². The fourth-order valence-electron chi connectivity index (χ4n) is 1.97. The maximum atomic E-state index is 11.3. The van der Waals surface area contributed by atoms with Gasteiger partial charge in [0.25, 0.3) is 0 Å². The Bertz CT molecular complexity index is 493. The fourth-order valence-corrected chi connectivity index (χ4v) is 1.97. The van der Waals surface area contributed by atoms with Crippen molar-refractivity contribution in [2.24, 2.45) is 0 Å². The maximum absolute atomic E-state index is 11.3. The molecule has 0 amide bonds. The fraction of sp³-hybridized carbons (Fsp3) is 0.333. The van der Waals surface area contributed by atoms with Crippen molar-refractivity contribution >= 4 is 11.9 Å². The van der Waals surface area contributed by atoms with Crippen LogP contribution in [0.4, 0.5) is 0 Å². The number of unbranched alkanes of at least 4 members (excludes halogenated alkanes) is 1.